The van der Waals surface area contributed by atoms with E-state index in [2.05, 4.69) is 11.9 Å². The Labute approximate surface area is 60.5 Å². The molecular weight excluding hydrogens is 165 g/mol. The van der Waals surface area contributed by atoms with E-state index in [4.69, 9.17) is 0 Å². The summed E-state index contributed by atoms with van der Waals surface area (Å²) < 4.78 is 0. The first-order valence-electron chi connectivity index (χ1n) is 3.07. The van der Waals surface area contributed by atoms with Crippen LogP contribution >= 0.6 is 25.4 Å². The van der Waals surface area contributed by atoms with Crippen molar-refractivity contribution in [2.45, 2.75) is 6.16 Å². The van der Waals surface area contributed by atoms with Crippen molar-refractivity contribution in [3.05, 3.63) is 17.2 Å². The zero-order valence-corrected chi connectivity index (χ0v) is 8.07. The second kappa shape index (κ2) is 2.71. The van der Waals surface area contributed by atoms with Crippen molar-refractivity contribution in [1.82, 2.24) is 0 Å². The highest BCUT2D eigenvalue weighted by Crippen LogP contribution is 2.37. The molecule has 9 heavy (non-hydrogen) atoms. The van der Waals surface area contributed by atoms with E-state index in [1.165, 1.54) is 20.6 Å². The molecule has 1 aliphatic heterocycles. The van der Waals surface area contributed by atoms with E-state index >= 15 is 0 Å². The fourth-order valence-corrected chi connectivity index (χ4v) is 6.06. The van der Waals surface area contributed by atoms with Gasteiger partial charge in [0.1, 0.15) is 0 Å². The van der Waals surface area contributed by atoms with Gasteiger partial charge in [-0.25, -0.2) is 0 Å². The van der Waals surface area contributed by atoms with Gasteiger partial charge >= 0.3 is 0 Å². The second-order valence-corrected chi connectivity index (χ2v) is 6.54. The quantitative estimate of drug-likeness (QED) is 0.528. The molecule has 0 bridgehead atoms. The third kappa shape index (κ3) is 1.22. The third-order valence-electron chi connectivity index (χ3n) is 1.54. The Morgan fingerprint density at radius 1 is 1.44 bits per heavy atom. The summed E-state index contributed by atoms with van der Waals surface area (Å²) >= 11 is 0. The lowest BCUT2D eigenvalue weighted by atomic mass is 10.5. The van der Waals surface area contributed by atoms with Crippen LogP contribution in [0.1, 0.15) is 5.30 Å². The molecule has 0 aromatic carbocycles. The molecule has 0 amide bonds. The van der Waals surface area contributed by atoms with E-state index in [0.29, 0.717) is 0 Å². The van der Waals surface area contributed by atoms with Crippen LogP contribution < -0.4 is 5.30 Å². The summed E-state index contributed by atoms with van der Waals surface area (Å²) in [6.07, 6.45) is 1.42. The molecule has 2 heterocycles. The van der Waals surface area contributed by atoms with Crippen molar-refractivity contribution in [3.63, 3.8) is 0 Å². The van der Waals surface area contributed by atoms with Gasteiger partial charge in [0.25, 0.3) is 0 Å². The molecule has 0 saturated carbocycles. The molecule has 1 aromatic rings. The Kier molecular flexibility index (Phi) is 1.91. The molecule has 0 saturated heterocycles. The first kappa shape index (κ1) is 6.36. The number of rotatable bonds is 0. The molecule has 0 radical (unpaired) electrons. The largest absolute Gasteiger partial charge is 0.135 e. The Balaban J connectivity index is 2.39. The lowest BCUT2D eigenvalue weighted by molar-refractivity contribution is 1.56. The molecular formula is C6H9P3. The van der Waals surface area contributed by atoms with Crippen molar-refractivity contribution in [1.29, 1.82) is 0 Å². The highest BCUT2D eigenvalue weighted by molar-refractivity contribution is 7.62. The van der Waals surface area contributed by atoms with Crippen molar-refractivity contribution in [2.75, 3.05) is 5.90 Å². The molecule has 2 rings (SSSR count). The summed E-state index contributed by atoms with van der Waals surface area (Å²) in [7, 11) is 3.44. The maximum atomic E-state index is 2.34. The van der Waals surface area contributed by atoms with Crippen LogP contribution in [0.5, 0.6) is 0 Å². The Morgan fingerprint density at radius 2 is 2.44 bits per heavy atom. The van der Waals surface area contributed by atoms with Gasteiger partial charge in [0.2, 0.25) is 0 Å². The van der Waals surface area contributed by atoms with Crippen LogP contribution in [0.4, 0.5) is 0 Å². The van der Waals surface area contributed by atoms with E-state index in [9.17, 15) is 0 Å². The molecule has 0 N–H and O–H groups in total. The Bertz CT molecular complexity index is 183. The predicted molar refractivity (Wildman–Crippen MR) is 50.8 cm³/mol. The van der Waals surface area contributed by atoms with Gasteiger partial charge in [0, 0.05) is 0 Å². The van der Waals surface area contributed by atoms with Crippen LogP contribution in [0, 0.1) is 0 Å². The first-order chi connectivity index (χ1) is 4.47. The highest BCUT2D eigenvalue weighted by atomic mass is 31.1. The van der Waals surface area contributed by atoms with Gasteiger partial charge in [0.15, 0.2) is 0 Å². The summed E-state index contributed by atoms with van der Waals surface area (Å²) in [4.78, 5) is 0. The van der Waals surface area contributed by atoms with Crippen LogP contribution in [0.25, 0.3) is 0 Å². The smallest absolute Gasteiger partial charge is 0.00560 e. The molecule has 0 aliphatic carbocycles. The van der Waals surface area contributed by atoms with Crippen molar-refractivity contribution in [2.24, 2.45) is 0 Å². The van der Waals surface area contributed by atoms with Crippen LogP contribution in [0.3, 0.4) is 0 Å². The van der Waals surface area contributed by atoms with Gasteiger partial charge in [0.05, 0.1) is 0 Å². The maximum Gasteiger partial charge on any atom is -0.00560 e. The summed E-state index contributed by atoms with van der Waals surface area (Å²) in [6, 6.07) is 2.34. The van der Waals surface area contributed by atoms with E-state index in [1.807, 2.05) is 0 Å². The standard InChI is InChI=1S/C6H9P3/c1-2-8-6-3-7-4-9-5(1)6/h1-2,7-9H,3-4H2. The minimum Gasteiger partial charge on any atom is -0.135 e. The molecule has 0 nitrogen and oxygen atoms in total. The maximum absolute atomic E-state index is 2.34. The molecule has 3 heteroatoms. The molecule has 48 valence electrons. The average Bonchev–Trinajstić information content (AvgIpc) is 2.33. The summed E-state index contributed by atoms with van der Waals surface area (Å²) in [5, 5.41) is 3.48. The first-order valence-corrected chi connectivity index (χ1v) is 6.77. The zero-order valence-electron chi connectivity index (χ0n) is 5.07. The van der Waals surface area contributed by atoms with Crippen molar-refractivity contribution in [3.8, 4) is 0 Å². The van der Waals surface area contributed by atoms with Gasteiger partial charge in [-0.05, 0) is 28.5 Å². The number of hydrogen-bond donors (Lipinski definition) is 0. The van der Waals surface area contributed by atoms with Gasteiger partial charge in [-0.2, -0.15) is 0 Å². The molecule has 3 unspecified atom stereocenters. The van der Waals surface area contributed by atoms with Crippen LogP contribution in [-0.4, -0.2) is 5.90 Å². The summed E-state index contributed by atoms with van der Waals surface area (Å²) in [5.41, 5.74) is 0. The SMILES string of the molecule is c1cc2c([pH]1)CPCP2. The van der Waals surface area contributed by atoms with E-state index in [0.717, 1.165) is 16.8 Å². The normalized spacial score (nSPS) is 23.6. The van der Waals surface area contributed by atoms with Crippen LogP contribution in [0.2, 0.25) is 0 Å². The summed E-state index contributed by atoms with van der Waals surface area (Å²) in [6.45, 7) is 0. The Hall–Kier alpha value is 0.640. The fraction of sp³-hybridized carbons (Fsp3) is 0.333. The second-order valence-electron chi connectivity index (χ2n) is 2.15. The van der Waals surface area contributed by atoms with Crippen LogP contribution in [0.15, 0.2) is 11.9 Å². The number of hydrogen-bond acceptors (Lipinski definition) is 0. The number of fused-ring (bicyclic) bond motifs is 1. The van der Waals surface area contributed by atoms with Gasteiger partial charge in [-0.3, -0.25) is 0 Å². The minimum absolute atomic E-state index is 1.05. The van der Waals surface area contributed by atoms with Crippen LogP contribution in [-0.2, 0) is 6.16 Å². The topological polar surface area (TPSA) is 0 Å². The molecule has 0 spiro atoms. The van der Waals surface area contributed by atoms with Gasteiger partial charge in [-0.1, -0.05) is 14.6 Å². The van der Waals surface area contributed by atoms with E-state index < -0.39 is 0 Å². The van der Waals surface area contributed by atoms with E-state index in [-0.39, 0.29) is 0 Å². The van der Waals surface area contributed by atoms with E-state index in [1.54, 1.807) is 10.6 Å². The molecule has 3 atom stereocenters. The zero-order chi connectivity index (χ0) is 6.10. The molecule has 0 fully saturated rings. The predicted octanol–water partition coefficient (Wildman–Crippen LogP) is 2.17. The average molecular weight is 174 g/mol. The monoisotopic (exact) mass is 174 g/mol. The van der Waals surface area contributed by atoms with Gasteiger partial charge in [-0.15, -0.1) is 16.8 Å². The highest BCUT2D eigenvalue weighted by Gasteiger charge is 2.06. The minimum atomic E-state index is 1.05. The Morgan fingerprint density at radius 3 is 3.33 bits per heavy atom. The lowest BCUT2D eigenvalue weighted by Gasteiger charge is -2.09. The molecule has 1 aliphatic rings. The van der Waals surface area contributed by atoms with Crippen molar-refractivity contribution < 1.29 is 0 Å². The third-order valence-corrected chi connectivity index (χ3v) is 6.43. The summed E-state index contributed by atoms with van der Waals surface area (Å²) in [5.74, 6) is 3.82. The van der Waals surface area contributed by atoms with Crippen molar-refractivity contribution >= 4 is 30.7 Å². The lowest BCUT2D eigenvalue weighted by Crippen LogP contribution is -1.99. The fourth-order valence-electron chi connectivity index (χ4n) is 1.06. The van der Waals surface area contributed by atoms with Gasteiger partial charge < -0.3 is 0 Å². The molecule has 1 aromatic heterocycles.